The highest BCUT2D eigenvalue weighted by Gasteiger charge is 2.35. The zero-order valence-electron chi connectivity index (χ0n) is 21.3. The average molecular weight is 582 g/mol. The van der Waals surface area contributed by atoms with Gasteiger partial charge in [-0.2, -0.15) is 0 Å². The first-order valence-electron chi connectivity index (χ1n) is 11.5. The molecular formula is C23H27F5N4O8. The summed E-state index contributed by atoms with van der Waals surface area (Å²) in [6.07, 6.45) is -3.12. The number of halogens is 5. The summed E-state index contributed by atoms with van der Waals surface area (Å²) < 4.78 is 69.6. The quantitative estimate of drug-likeness (QED) is 0.0983. The summed E-state index contributed by atoms with van der Waals surface area (Å²) in [6, 6.07) is -7.02. The van der Waals surface area contributed by atoms with E-state index < -0.39 is 119 Å². The van der Waals surface area contributed by atoms with Gasteiger partial charge >= 0.3 is 11.9 Å². The van der Waals surface area contributed by atoms with Crippen LogP contribution in [0.4, 0.5) is 22.0 Å². The summed E-state index contributed by atoms with van der Waals surface area (Å²) in [5, 5.41) is 23.9. The Morgan fingerprint density at radius 3 is 1.57 bits per heavy atom. The second-order valence-electron chi connectivity index (χ2n) is 9.02. The molecule has 0 spiro atoms. The van der Waals surface area contributed by atoms with Crippen LogP contribution in [-0.2, 0) is 35.2 Å². The van der Waals surface area contributed by atoms with Gasteiger partial charge in [0.25, 0.3) is 0 Å². The molecule has 0 unspecified atom stereocenters. The van der Waals surface area contributed by atoms with E-state index in [1.165, 1.54) is 13.8 Å². The van der Waals surface area contributed by atoms with E-state index in [1.54, 1.807) is 0 Å². The second kappa shape index (κ2) is 14.3. The molecule has 4 atom stereocenters. The van der Waals surface area contributed by atoms with E-state index >= 15 is 0 Å². The number of carbonyl (C=O) groups is 6. The highest BCUT2D eigenvalue weighted by molar-refractivity contribution is 5.96. The number of rotatable bonds is 14. The lowest BCUT2D eigenvalue weighted by molar-refractivity contribution is -0.141. The summed E-state index contributed by atoms with van der Waals surface area (Å²) in [5.41, 5.74) is 3.92. The molecular weight excluding hydrogens is 555 g/mol. The van der Waals surface area contributed by atoms with Crippen molar-refractivity contribution in [1.82, 2.24) is 16.0 Å². The molecule has 1 aromatic rings. The van der Waals surface area contributed by atoms with E-state index in [-0.39, 0.29) is 0 Å². The molecule has 0 fully saturated rings. The van der Waals surface area contributed by atoms with Gasteiger partial charge in [0.05, 0.1) is 24.9 Å². The molecule has 0 aliphatic heterocycles. The van der Waals surface area contributed by atoms with E-state index in [0.29, 0.717) is 0 Å². The molecule has 7 N–H and O–H groups in total. The van der Waals surface area contributed by atoms with Crippen molar-refractivity contribution < 1.29 is 60.9 Å². The van der Waals surface area contributed by atoms with Crippen LogP contribution >= 0.6 is 0 Å². The zero-order valence-corrected chi connectivity index (χ0v) is 21.3. The van der Waals surface area contributed by atoms with Gasteiger partial charge in [-0.3, -0.25) is 28.8 Å². The van der Waals surface area contributed by atoms with Crippen LogP contribution in [0, 0.1) is 35.0 Å². The third-order valence-electron chi connectivity index (χ3n) is 5.51. The van der Waals surface area contributed by atoms with E-state index in [2.05, 4.69) is 10.6 Å². The van der Waals surface area contributed by atoms with Gasteiger partial charge in [0.2, 0.25) is 23.5 Å². The molecule has 0 radical (unpaired) electrons. The molecule has 0 saturated heterocycles. The van der Waals surface area contributed by atoms with Gasteiger partial charge in [-0.05, 0) is 12.8 Å². The molecule has 0 heterocycles. The molecule has 0 aromatic heterocycles. The SMILES string of the molecule is CC(=O)[C@H](CC(=O)O)NC(=O)[C@@H](NC(=O)[C@H](Cc1c(F)c(F)c(F)c(F)c1F)NC(=O)[C@@H](N)CC(=O)O)C(C)C. The van der Waals surface area contributed by atoms with Crippen LogP contribution in [0.1, 0.15) is 39.2 Å². The van der Waals surface area contributed by atoms with E-state index in [1.807, 2.05) is 5.32 Å². The summed E-state index contributed by atoms with van der Waals surface area (Å²) in [5.74, 6) is -20.1. The lowest BCUT2D eigenvalue weighted by atomic mass is 9.99. The van der Waals surface area contributed by atoms with Gasteiger partial charge in [-0.1, -0.05) is 13.8 Å². The lowest BCUT2D eigenvalue weighted by Gasteiger charge is -2.27. The number of ketones is 1. The number of benzene rings is 1. The smallest absolute Gasteiger partial charge is 0.305 e. The van der Waals surface area contributed by atoms with Crippen LogP contribution in [0.3, 0.4) is 0 Å². The van der Waals surface area contributed by atoms with Crippen molar-refractivity contribution in [2.45, 2.75) is 64.2 Å². The van der Waals surface area contributed by atoms with E-state index in [9.17, 15) is 50.7 Å². The minimum Gasteiger partial charge on any atom is -0.481 e. The molecule has 3 amide bonds. The Balaban J connectivity index is 3.40. The Morgan fingerprint density at radius 1 is 0.700 bits per heavy atom. The van der Waals surface area contributed by atoms with Crippen molar-refractivity contribution in [3.63, 3.8) is 0 Å². The van der Waals surface area contributed by atoms with Crippen molar-refractivity contribution >= 4 is 35.4 Å². The molecule has 0 aliphatic carbocycles. The maximum Gasteiger partial charge on any atom is 0.305 e. The molecule has 0 bridgehead atoms. The van der Waals surface area contributed by atoms with Crippen molar-refractivity contribution in [3.8, 4) is 0 Å². The number of aliphatic carboxylic acids is 2. The Morgan fingerprint density at radius 2 is 1.15 bits per heavy atom. The maximum atomic E-state index is 14.3. The van der Waals surface area contributed by atoms with Crippen LogP contribution in [-0.4, -0.2) is 69.8 Å². The number of hydrogen-bond acceptors (Lipinski definition) is 7. The highest BCUT2D eigenvalue weighted by atomic mass is 19.2. The van der Waals surface area contributed by atoms with Gasteiger partial charge in [0.1, 0.15) is 12.1 Å². The number of amides is 3. The van der Waals surface area contributed by atoms with Crippen molar-refractivity contribution in [2.24, 2.45) is 11.7 Å². The monoisotopic (exact) mass is 582 g/mol. The van der Waals surface area contributed by atoms with Crippen LogP contribution in [0.25, 0.3) is 0 Å². The van der Waals surface area contributed by atoms with Crippen molar-refractivity contribution in [2.75, 3.05) is 0 Å². The molecule has 1 rings (SSSR count). The number of nitrogens with two attached hydrogens (primary N) is 1. The number of Topliss-reactive ketones (excluding diaryl/α,β-unsaturated/α-hetero) is 1. The standard InChI is InChI=1S/C23H27F5N4O8/c1-7(2)20(23(40)30-11(8(3)33)6-14(36)37)32-22(39)12(31-21(38)10(29)5-13(34)35)4-9-15(24)17(26)19(28)18(27)16(9)25/h7,10-12,20H,4-6,29H2,1-3H3,(H,30,40)(H,31,38)(H,32,39)(H,34,35)(H,36,37)/t10-,11-,12-,20-/m0/s1. The fourth-order valence-corrected chi connectivity index (χ4v) is 3.32. The Hall–Kier alpha value is -4.15. The molecule has 12 nitrogen and oxygen atoms in total. The summed E-state index contributed by atoms with van der Waals surface area (Å²) in [6.45, 7) is 3.78. The predicted octanol–water partition coefficient (Wildman–Crippen LogP) is -0.0993. The third-order valence-corrected chi connectivity index (χ3v) is 5.51. The van der Waals surface area contributed by atoms with Crippen LogP contribution in [0.5, 0.6) is 0 Å². The van der Waals surface area contributed by atoms with Gasteiger partial charge < -0.3 is 31.9 Å². The summed E-state index contributed by atoms with van der Waals surface area (Å²) in [4.78, 5) is 71.8. The number of carboxylic acids is 2. The summed E-state index contributed by atoms with van der Waals surface area (Å²) >= 11 is 0. The van der Waals surface area contributed by atoms with Crippen LogP contribution in [0.15, 0.2) is 0 Å². The van der Waals surface area contributed by atoms with E-state index in [0.717, 1.165) is 6.92 Å². The zero-order chi connectivity index (χ0) is 31.1. The maximum absolute atomic E-state index is 14.3. The number of carbonyl (C=O) groups excluding carboxylic acids is 4. The third kappa shape index (κ3) is 8.96. The van der Waals surface area contributed by atoms with Crippen molar-refractivity contribution in [1.29, 1.82) is 0 Å². The largest absolute Gasteiger partial charge is 0.481 e. The first-order valence-corrected chi connectivity index (χ1v) is 11.5. The number of carboxylic acid groups (broad SMARTS) is 2. The first-order chi connectivity index (χ1) is 18.4. The normalized spacial score (nSPS) is 14.1. The fraction of sp³-hybridized carbons (Fsp3) is 0.478. The predicted molar refractivity (Wildman–Crippen MR) is 124 cm³/mol. The van der Waals surface area contributed by atoms with Gasteiger partial charge in [0.15, 0.2) is 29.1 Å². The van der Waals surface area contributed by atoms with Crippen molar-refractivity contribution in [3.05, 3.63) is 34.6 Å². The van der Waals surface area contributed by atoms with E-state index in [4.69, 9.17) is 15.9 Å². The Kier molecular flexibility index (Phi) is 12.1. The Bertz CT molecular complexity index is 1170. The van der Waals surface area contributed by atoms with Crippen LogP contribution in [0.2, 0.25) is 0 Å². The molecule has 40 heavy (non-hydrogen) atoms. The minimum atomic E-state index is -2.48. The number of nitrogens with one attached hydrogen (secondary N) is 3. The molecule has 1 aromatic carbocycles. The molecule has 0 saturated carbocycles. The second-order valence-corrected chi connectivity index (χ2v) is 9.02. The van der Waals surface area contributed by atoms with Gasteiger partial charge in [0, 0.05) is 12.0 Å². The highest BCUT2D eigenvalue weighted by Crippen LogP contribution is 2.24. The average Bonchev–Trinajstić information content (AvgIpc) is 2.84. The molecule has 222 valence electrons. The van der Waals surface area contributed by atoms with Crippen LogP contribution < -0.4 is 21.7 Å². The minimum absolute atomic E-state index is 0.742. The Labute approximate surface area is 223 Å². The molecule has 17 heteroatoms. The molecule has 0 aliphatic rings. The summed E-state index contributed by atoms with van der Waals surface area (Å²) in [7, 11) is 0. The topological polar surface area (TPSA) is 205 Å². The number of hydrogen-bond donors (Lipinski definition) is 6. The lowest BCUT2D eigenvalue weighted by Crippen LogP contribution is -2.59. The van der Waals surface area contributed by atoms with Gasteiger partial charge in [-0.25, -0.2) is 22.0 Å². The van der Waals surface area contributed by atoms with Gasteiger partial charge in [-0.15, -0.1) is 0 Å². The first kappa shape index (κ1) is 33.9. The fourth-order valence-electron chi connectivity index (χ4n) is 3.32.